The van der Waals surface area contributed by atoms with Crippen molar-refractivity contribution in [3.63, 3.8) is 0 Å². The number of hydrogen-bond acceptors (Lipinski definition) is 2. The van der Waals surface area contributed by atoms with Gasteiger partial charge in [0, 0.05) is 18.7 Å². The number of allylic oxidation sites excluding steroid dienone is 1. The van der Waals surface area contributed by atoms with Crippen molar-refractivity contribution in [3.8, 4) is 0 Å². The summed E-state index contributed by atoms with van der Waals surface area (Å²) in [6.45, 7) is 11.3. The van der Waals surface area contributed by atoms with Crippen LogP contribution in [-0.4, -0.2) is 9.55 Å². The van der Waals surface area contributed by atoms with E-state index in [9.17, 15) is 0 Å². The Balaban J connectivity index is 2.10. The summed E-state index contributed by atoms with van der Waals surface area (Å²) >= 11 is 1.74. The molecule has 0 spiro atoms. The van der Waals surface area contributed by atoms with Crippen LogP contribution in [0.1, 0.15) is 29.3 Å². The molecule has 0 radical (unpaired) electrons. The van der Waals surface area contributed by atoms with Crippen LogP contribution >= 0.6 is 11.3 Å². The minimum absolute atomic E-state index is 0.847. The third-order valence-electron chi connectivity index (χ3n) is 3.98. The number of nitrogens with zero attached hydrogens (tertiary/aromatic N) is 2. The van der Waals surface area contributed by atoms with E-state index in [-0.39, 0.29) is 0 Å². The summed E-state index contributed by atoms with van der Waals surface area (Å²) in [5, 5.41) is 0. The van der Waals surface area contributed by atoms with Crippen LogP contribution in [0.3, 0.4) is 0 Å². The quantitative estimate of drug-likeness (QED) is 0.627. The Morgan fingerprint density at radius 1 is 1.29 bits per heavy atom. The van der Waals surface area contributed by atoms with Gasteiger partial charge >= 0.3 is 0 Å². The van der Waals surface area contributed by atoms with Crippen LogP contribution in [0.2, 0.25) is 0 Å². The molecule has 2 nitrogen and oxygen atoms in total. The van der Waals surface area contributed by atoms with Gasteiger partial charge in [-0.2, -0.15) is 0 Å². The first-order chi connectivity index (χ1) is 10.1. The SMILES string of the molecule is C=C(C)Cn1c(C)c(Cc2ccccc2C)c2scnc21. The molecule has 0 aliphatic heterocycles. The number of thiazole rings is 1. The van der Waals surface area contributed by atoms with Crippen LogP contribution < -0.4 is 0 Å². The highest BCUT2D eigenvalue weighted by molar-refractivity contribution is 7.17. The standard InChI is InChI=1S/C18H20N2S/c1-12(2)10-20-14(4)16(17-18(20)19-11-21-17)9-15-8-6-5-7-13(15)3/h5-8,11H,1,9-10H2,2-4H3. The van der Waals surface area contributed by atoms with Crippen molar-refractivity contribution in [2.45, 2.75) is 33.7 Å². The van der Waals surface area contributed by atoms with E-state index in [0.717, 1.165) is 24.2 Å². The maximum atomic E-state index is 4.56. The van der Waals surface area contributed by atoms with E-state index in [1.165, 1.54) is 27.1 Å². The van der Waals surface area contributed by atoms with E-state index in [1.54, 1.807) is 11.3 Å². The van der Waals surface area contributed by atoms with Crippen LogP contribution in [0, 0.1) is 13.8 Å². The Kier molecular flexibility index (Phi) is 3.68. The topological polar surface area (TPSA) is 17.8 Å². The predicted octanol–water partition coefficient (Wildman–Crippen LogP) is 4.88. The molecule has 0 N–H and O–H groups in total. The summed E-state index contributed by atoms with van der Waals surface area (Å²) < 4.78 is 3.61. The highest BCUT2D eigenvalue weighted by atomic mass is 32.1. The molecule has 3 rings (SSSR count). The zero-order valence-electron chi connectivity index (χ0n) is 12.8. The molecule has 2 heterocycles. The Labute approximate surface area is 129 Å². The summed E-state index contributed by atoms with van der Waals surface area (Å²) in [5.74, 6) is 0. The summed E-state index contributed by atoms with van der Waals surface area (Å²) in [6, 6.07) is 8.61. The van der Waals surface area contributed by atoms with Gasteiger partial charge in [0.1, 0.15) is 0 Å². The second-order valence-electron chi connectivity index (χ2n) is 5.72. The number of hydrogen-bond donors (Lipinski definition) is 0. The summed E-state index contributed by atoms with van der Waals surface area (Å²) in [7, 11) is 0. The fourth-order valence-electron chi connectivity index (χ4n) is 2.80. The number of fused-ring (bicyclic) bond motifs is 1. The van der Waals surface area contributed by atoms with Crippen LogP contribution in [-0.2, 0) is 13.0 Å². The van der Waals surface area contributed by atoms with E-state index in [0.29, 0.717) is 0 Å². The normalized spacial score (nSPS) is 11.2. The fraction of sp³-hybridized carbons (Fsp3) is 0.278. The van der Waals surface area contributed by atoms with Crippen molar-refractivity contribution < 1.29 is 0 Å². The molecule has 0 unspecified atom stereocenters. The zero-order valence-corrected chi connectivity index (χ0v) is 13.6. The number of benzene rings is 1. The molecule has 0 fully saturated rings. The largest absolute Gasteiger partial charge is 0.325 e. The molecule has 2 aromatic heterocycles. The van der Waals surface area contributed by atoms with E-state index in [1.807, 2.05) is 5.51 Å². The molecule has 0 atom stereocenters. The minimum atomic E-state index is 0.847. The average molecular weight is 296 g/mol. The lowest BCUT2D eigenvalue weighted by Crippen LogP contribution is -2.02. The molecule has 0 saturated carbocycles. The lowest BCUT2D eigenvalue weighted by atomic mass is 10.0. The van der Waals surface area contributed by atoms with E-state index in [2.05, 4.69) is 61.2 Å². The minimum Gasteiger partial charge on any atom is -0.325 e. The average Bonchev–Trinajstić information content (AvgIpc) is 2.99. The molecule has 0 amide bonds. The van der Waals surface area contributed by atoms with Crippen LogP contribution in [0.25, 0.3) is 10.3 Å². The number of rotatable bonds is 4. The molecule has 0 aliphatic carbocycles. The highest BCUT2D eigenvalue weighted by Gasteiger charge is 2.17. The molecule has 1 aromatic carbocycles. The van der Waals surface area contributed by atoms with Crippen molar-refractivity contribution in [1.82, 2.24) is 9.55 Å². The van der Waals surface area contributed by atoms with Gasteiger partial charge in [-0.15, -0.1) is 11.3 Å². The molecule has 0 aliphatic rings. The molecule has 3 aromatic rings. The third-order valence-corrected chi connectivity index (χ3v) is 4.85. The molecule has 21 heavy (non-hydrogen) atoms. The number of aryl methyl sites for hydroxylation is 1. The fourth-order valence-corrected chi connectivity index (χ4v) is 3.68. The smallest absolute Gasteiger partial charge is 0.151 e. The first-order valence-corrected chi connectivity index (χ1v) is 8.06. The first-order valence-electron chi connectivity index (χ1n) is 7.18. The maximum absolute atomic E-state index is 4.56. The molecule has 3 heteroatoms. The Morgan fingerprint density at radius 2 is 2.05 bits per heavy atom. The van der Waals surface area contributed by atoms with Crippen molar-refractivity contribution in [3.05, 3.63) is 64.3 Å². The van der Waals surface area contributed by atoms with Crippen molar-refractivity contribution in [2.75, 3.05) is 0 Å². The third kappa shape index (κ3) is 2.54. The lowest BCUT2D eigenvalue weighted by Gasteiger charge is -2.09. The zero-order chi connectivity index (χ0) is 15.0. The second kappa shape index (κ2) is 5.49. The monoisotopic (exact) mass is 296 g/mol. The van der Waals surface area contributed by atoms with Gasteiger partial charge in [0.25, 0.3) is 0 Å². The van der Waals surface area contributed by atoms with Gasteiger partial charge < -0.3 is 4.57 Å². The Morgan fingerprint density at radius 3 is 2.76 bits per heavy atom. The molecular weight excluding hydrogens is 276 g/mol. The first kappa shape index (κ1) is 14.1. The van der Waals surface area contributed by atoms with Gasteiger partial charge in [-0.1, -0.05) is 36.4 Å². The van der Waals surface area contributed by atoms with E-state index < -0.39 is 0 Å². The highest BCUT2D eigenvalue weighted by Crippen LogP contribution is 2.31. The van der Waals surface area contributed by atoms with Crippen LogP contribution in [0.4, 0.5) is 0 Å². The maximum Gasteiger partial charge on any atom is 0.151 e. The van der Waals surface area contributed by atoms with Gasteiger partial charge in [-0.3, -0.25) is 0 Å². The second-order valence-corrected chi connectivity index (χ2v) is 6.57. The van der Waals surface area contributed by atoms with Crippen molar-refractivity contribution in [1.29, 1.82) is 0 Å². The van der Waals surface area contributed by atoms with Gasteiger partial charge in [-0.05, 0) is 37.5 Å². The Bertz CT molecular complexity index is 808. The van der Waals surface area contributed by atoms with Crippen molar-refractivity contribution >= 4 is 21.7 Å². The van der Waals surface area contributed by atoms with Gasteiger partial charge in [0.15, 0.2) is 5.65 Å². The predicted molar refractivity (Wildman–Crippen MR) is 91.1 cm³/mol. The Hall–Kier alpha value is -1.87. The summed E-state index contributed by atoms with van der Waals surface area (Å²) in [4.78, 5) is 4.56. The van der Waals surface area contributed by atoms with E-state index >= 15 is 0 Å². The summed E-state index contributed by atoms with van der Waals surface area (Å²) in [5.41, 5.74) is 9.67. The van der Waals surface area contributed by atoms with Crippen LogP contribution in [0.15, 0.2) is 41.9 Å². The molecule has 0 saturated heterocycles. The molecular formula is C18H20N2S. The van der Waals surface area contributed by atoms with Crippen molar-refractivity contribution in [2.24, 2.45) is 0 Å². The summed E-state index contributed by atoms with van der Waals surface area (Å²) in [6.07, 6.45) is 0.973. The lowest BCUT2D eigenvalue weighted by molar-refractivity contribution is 0.777. The van der Waals surface area contributed by atoms with Gasteiger partial charge in [-0.25, -0.2) is 4.98 Å². The van der Waals surface area contributed by atoms with E-state index in [4.69, 9.17) is 0 Å². The van der Waals surface area contributed by atoms with Crippen LogP contribution in [0.5, 0.6) is 0 Å². The molecule has 0 bridgehead atoms. The van der Waals surface area contributed by atoms with Gasteiger partial charge in [0.05, 0.1) is 10.2 Å². The number of aromatic nitrogens is 2. The molecule has 108 valence electrons. The van der Waals surface area contributed by atoms with Gasteiger partial charge in [0.2, 0.25) is 0 Å².